The van der Waals surface area contributed by atoms with E-state index in [9.17, 15) is 26.0 Å². The Morgan fingerprint density at radius 3 is 1.86 bits per heavy atom. The van der Waals surface area contributed by atoms with Crippen LogP contribution >= 0.6 is 11.3 Å². The van der Waals surface area contributed by atoms with Crippen molar-refractivity contribution in [3.05, 3.63) is 68.9 Å². The second kappa shape index (κ2) is 9.07. The van der Waals surface area contributed by atoms with E-state index in [0.717, 1.165) is 27.8 Å². The summed E-state index contributed by atoms with van der Waals surface area (Å²) in [7, 11) is -6.00. The predicted molar refractivity (Wildman–Crippen MR) is 111 cm³/mol. The van der Waals surface area contributed by atoms with Gasteiger partial charge < -0.3 is 17.3 Å². The summed E-state index contributed by atoms with van der Waals surface area (Å²) in [5, 5.41) is 1.91. The van der Waals surface area contributed by atoms with Crippen LogP contribution in [0.15, 0.2) is 41.8 Å². The predicted octanol–water partition coefficient (Wildman–Crippen LogP) is 8.29. The van der Waals surface area contributed by atoms with E-state index in [-0.39, 0.29) is 4.88 Å². The van der Waals surface area contributed by atoms with Gasteiger partial charge in [-0.25, -0.2) is 0 Å². The number of alkyl halides is 2. The fourth-order valence-electron chi connectivity index (χ4n) is 3.16. The van der Waals surface area contributed by atoms with Crippen molar-refractivity contribution >= 4 is 18.6 Å². The highest BCUT2D eigenvalue weighted by Gasteiger charge is 2.29. The van der Waals surface area contributed by atoms with Gasteiger partial charge in [0.05, 0.1) is 5.56 Å². The Balaban J connectivity index is 0.000000537. The van der Waals surface area contributed by atoms with E-state index in [1.54, 1.807) is 0 Å². The molecule has 0 nitrogen and oxygen atoms in total. The first-order valence-electron chi connectivity index (χ1n) is 8.86. The van der Waals surface area contributed by atoms with Crippen LogP contribution in [0.2, 0.25) is 0 Å². The van der Waals surface area contributed by atoms with Crippen LogP contribution in [0.1, 0.15) is 33.6 Å². The first-order valence-corrected chi connectivity index (χ1v) is 9.82. The van der Waals surface area contributed by atoms with Crippen molar-refractivity contribution < 1.29 is 26.0 Å². The van der Waals surface area contributed by atoms with Crippen LogP contribution in [0.25, 0.3) is 22.3 Å². The highest BCUT2D eigenvalue weighted by molar-refractivity contribution is 7.11. The lowest BCUT2D eigenvalue weighted by Crippen LogP contribution is -2.02. The van der Waals surface area contributed by atoms with Gasteiger partial charge in [0.1, 0.15) is 5.38 Å². The van der Waals surface area contributed by atoms with Gasteiger partial charge in [0.25, 0.3) is 0 Å². The van der Waals surface area contributed by atoms with Gasteiger partial charge >= 0.3 is 13.7 Å². The molecule has 0 N–H and O–H groups in total. The van der Waals surface area contributed by atoms with Gasteiger partial charge in [-0.15, -0.1) is 0 Å². The van der Waals surface area contributed by atoms with Crippen LogP contribution in [0, 0.1) is 27.7 Å². The molecule has 0 aliphatic rings. The zero-order chi connectivity index (χ0) is 21.9. The summed E-state index contributed by atoms with van der Waals surface area (Å²) >= 11 is 0.598. The minimum absolute atomic E-state index is 0.208. The lowest BCUT2D eigenvalue weighted by molar-refractivity contribution is 0.156. The molecule has 0 unspecified atom stereocenters. The Morgan fingerprint density at radius 1 is 0.793 bits per heavy atom. The van der Waals surface area contributed by atoms with Gasteiger partial charge in [0, 0.05) is 5.56 Å². The van der Waals surface area contributed by atoms with E-state index in [1.807, 2.05) is 49.6 Å². The number of rotatable bonds is 3. The molecular weight excluding hydrogens is 409 g/mol. The van der Waals surface area contributed by atoms with Crippen molar-refractivity contribution in [3.63, 3.8) is 0 Å². The van der Waals surface area contributed by atoms with Gasteiger partial charge in [-0.05, 0) is 72.4 Å². The molecular formula is C21H21BF6S. The maximum Gasteiger partial charge on any atom is 0.673 e. The third-order valence-electron chi connectivity index (χ3n) is 4.90. The smallest absolute Gasteiger partial charge is 0.418 e. The molecule has 0 spiro atoms. The SMILES string of the molecule is Cc1cc(-c2c(-c3ccccc3)c[sH+]c2C(F)F)c(C)c(C)c1C.F[B-](F)(F)F. The van der Waals surface area contributed by atoms with Gasteiger partial charge in [0.2, 0.25) is 4.88 Å². The first kappa shape index (κ1) is 23.1. The quantitative estimate of drug-likeness (QED) is 0.223. The Hall–Kier alpha value is -2.22. The van der Waals surface area contributed by atoms with E-state index < -0.39 is 13.7 Å². The highest BCUT2D eigenvalue weighted by atomic mass is 32.1. The molecule has 0 aliphatic heterocycles. The number of halogens is 6. The standard InChI is InChI=1S/C21H20F2S.BF4/c1-12-10-17(15(4)14(3)13(12)2)19-18(11-24-20(19)21(22)23)16-8-6-5-7-9-16;2-1(3,4)5/h5-11,21H,1-4H3;/q;-1/p+1. The number of aryl methyl sites for hydroxylation is 1. The molecule has 156 valence electrons. The van der Waals surface area contributed by atoms with Crippen molar-refractivity contribution in [2.75, 3.05) is 0 Å². The lowest BCUT2D eigenvalue weighted by atomic mass is 9.88. The van der Waals surface area contributed by atoms with Gasteiger partial charge in [0.15, 0.2) is 0 Å². The first-order chi connectivity index (χ1) is 13.4. The van der Waals surface area contributed by atoms with Gasteiger partial charge in [-0.3, -0.25) is 0 Å². The van der Waals surface area contributed by atoms with Crippen molar-refractivity contribution in [1.82, 2.24) is 0 Å². The zero-order valence-corrected chi connectivity index (χ0v) is 17.3. The average Bonchev–Trinajstić information content (AvgIpc) is 3.07. The van der Waals surface area contributed by atoms with Crippen molar-refractivity contribution in [2.45, 2.75) is 34.1 Å². The number of hydrogen-bond acceptors (Lipinski definition) is 0. The molecule has 2 aromatic carbocycles. The molecule has 0 aliphatic carbocycles. The Morgan fingerprint density at radius 2 is 1.34 bits per heavy atom. The highest BCUT2D eigenvalue weighted by Crippen LogP contribution is 2.45. The topological polar surface area (TPSA) is 0 Å². The molecule has 8 heteroatoms. The van der Waals surface area contributed by atoms with E-state index in [4.69, 9.17) is 0 Å². The van der Waals surface area contributed by atoms with E-state index in [2.05, 4.69) is 19.9 Å². The molecule has 0 saturated heterocycles. The fraction of sp³-hybridized carbons (Fsp3) is 0.238. The normalized spacial score (nSPS) is 11.4. The fourth-order valence-corrected chi connectivity index (χ4v) is 4.19. The Labute approximate surface area is 170 Å². The minimum Gasteiger partial charge on any atom is -0.418 e. The maximum atomic E-state index is 13.7. The van der Waals surface area contributed by atoms with E-state index in [1.165, 1.54) is 11.1 Å². The molecule has 0 atom stereocenters. The van der Waals surface area contributed by atoms with E-state index in [0.29, 0.717) is 16.9 Å². The second-order valence-electron chi connectivity index (χ2n) is 6.71. The Kier molecular flexibility index (Phi) is 7.22. The van der Waals surface area contributed by atoms with Crippen LogP contribution in [0.3, 0.4) is 0 Å². The van der Waals surface area contributed by atoms with Crippen LogP contribution in [0.5, 0.6) is 0 Å². The summed E-state index contributed by atoms with van der Waals surface area (Å²) < 4.78 is 66.4. The molecule has 0 amide bonds. The molecule has 0 fully saturated rings. The van der Waals surface area contributed by atoms with Crippen LogP contribution in [-0.4, -0.2) is 7.25 Å². The van der Waals surface area contributed by atoms with Crippen LogP contribution in [0.4, 0.5) is 26.0 Å². The molecule has 1 heterocycles. The number of thiophene rings is 1. The largest absolute Gasteiger partial charge is 0.673 e. The number of hydrogen-bond donors (Lipinski definition) is 0. The van der Waals surface area contributed by atoms with Crippen LogP contribution < -0.4 is 0 Å². The molecule has 29 heavy (non-hydrogen) atoms. The summed E-state index contributed by atoms with van der Waals surface area (Å²) in [4.78, 5) is 0.208. The van der Waals surface area contributed by atoms with Crippen LogP contribution in [-0.2, 0) is 0 Å². The number of benzene rings is 2. The molecule has 3 aromatic rings. The molecule has 0 radical (unpaired) electrons. The molecule has 3 rings (SSSR count). The van der Waals surface area contributed by atoms with E-state index >= 15 is 0 Å². The summed E-state index contributed by atoms with van der Waals surface area (Å²) in [5.74, 6) is 0. The minimum atomic E-state index is -6.00. The van der Waals surface area contributed by atoms with Crippen molar-refractivity contribution in [3.8, 4) is 22.3 Å². The van der Waals surface area contributed by atoms with Gasteiger partial charge in [-0.1, -0.05) is 36.4 Å². The third-order valence-corrected chi connectivity index (χ3v) is 5.98. The molecule has 0 saturated carbocycles. The summed E-state index contributed by atoms with van der Waals surface area (Å²) in [6, 6.07) is 11.9. The summed E-state index contributed by atoms with van der Waals surface area (Å²) in [6.07, 6.45) is -2.44. The molecule has 1 aromatic heterocycles. The zero-order valence-electron chi connectivity index (χ0n) is 16.4. The van der Waals surface area contributed by atoms with Crippen molar-refractivity contribution in [1.29, 1.82) is 0 Å². The lowest BCUT2D eigenvalue weighted by Gasteiger charge is -2.15. The summed E-state index contributed by atoms with van der Waals surface area (Å²) in [6.45, 7) is 8.24. The summed E-state index contributed by atoms with van der Waals surface area (Å²) in [5.41, 5.74) is 8.20. The average molecular weight is 430 g/mol. The monoisotopic (exact) mass is 430 g/mol. The third kappa shape index (κ3) is 5.66. The Bertz CT molecular complexity index is 971. The second-order valence-corrected chi connectivity index (χ2v) is 7.71. The van der Waals surface area contributed by atoms with Gasteiger partial charge in [-0.2, -0.15) is 8.78 Å². The van der Waals surface area contributed by atoms with Crippen molar-refractivity contribution in [2.24, 2.45) is 0 Å². The molecule has 0 bridgehead atoms. The maximum absolute atomic E-state index is 13.7.